The zero-order valence-electron chi connectivity index (χ0n) is 15.8. The van der Waals surface area contributed by atoms with Gasteiger partial charge in [0.1, 0.15) is 6.33 Å². The number of carbonyl (C=O) groups excluding carboxylic acids is 1. The summed E-state index contributed by atoms with van der Waals surface area (Å²) in [6.07, 6.45) is 4.83. The molecule has 8 nitrogen and oxygen atoms in total. The average Bonchev–Trinajstić information content (AvgIpc) is 2.72. The first-order chi connectivity index (χ1) is 13.2. The molecule has 1 saturated heterocycles. The summed E-state index contributed by atoms with van der Waals surface area (Å²) in [5.41, 5.74) is 1.32. The fraction of sp³-hybridized carbons (Fsp3) is 0.474. The minimum absolute atomic E-state index is 0.136. The maximum Gasteiger partial charge on any atom is 0.251 e. The van der Waals surface area contributed by atoms with Crippen LogP contribution < -0.4 is 15.5 Å². The molecular weight excluding hydrogens is 344 g/mol. The number of hydrogen-bond acceptors (Lipinski definition) is 7. The second-order valence-electron chi connectivity index (χ2n) is 6.45. The van der Waals surface area contributed by atoms with Crippen LogP contribution >= 0.6 is 0 Å². The summed E-state index contributed by atoms with van der Waals surface area (Å²) < 4.78 is 5.83. The van der Waals surface area contributed by atoms with Gasteiger partial charge in [-0.1, -0.05) is 13.0 Å². The van der Waals surface area contributed by atoms with Gasteiger partial charge < -0.3 is 20.3 Å². The molecule has 2 heterocycles. The van der Waals surface area contributed by atoms with Crippen LogP contribution in [0.3, 0.4) is 0 Å². The van der Waals surface area contributed by atoms with Crippen molar-refractivity contribution in [2.45, 2.75) is 32.3 Å². The van der Waals surface area contributed by atoms with Gasteiger partial charge in [-0.3, -0.25) is 4.79 Å². The molecule has 8 heteroatoms. The number of piperidine rings is 1. The van der Waals surface area contributed by atoms with E-state index < -0.39 is 0 Å². The minimum atomic E-state index is -0.136. The third-order valence-corrected chi connectivity index (χ3v) is 4.45. The number of nitrogens with zero attached hydrogens (tertiary/aromatic N) is 4. The predicted octanol–water partition coefficient (Wildman–Crippen LogP) is 2.37. The van der Waals surface area contributed by atoms with Crippen molar-refractivity contribution in [3.8, 4) is 0 Å². The lowest BCUT2D eigenvalue weighted by atomic mass is 10.1. The molecule has 1 fully saturated rings. The van der Waals surface area contributed by atoms with E-state index in [0.717, 1.165) is 44.6 Å². The molecule has 27 heavy (non-hydrogen) atoms. The van der Waals surface area contributed by atoms with Gasteiger partial charge in [0.15, 0.2) is 0 Å². The number of rotatable bonds is 7. The number of carbonyl (C=O) groups is 1. The Morgan fingerprint density at radius 3 is 2.85 bits per heavy atom. The van der Waals surface area contributed by atoms with Crippen molar-refractivity contribution in [3.63, 3.8) is 0 Å². The van der Waals surface area contributed by atoms with Crippen LogP contribution in [0.5, 0.6) is 0 Å². The monoisotopic (exact) mass is 370 g/mol. The van der Waals surface area contributed by atoms with E-state index in [4.69, 9.17) is 4.74 Å². The fourth-order valence-corrected chi connectivity index (χ4v) is 3.02. The van der Waals surface area contributed by atoms with Crippen LogP contribution in [0.4, 0.5) is 17.6 Å². The smallest absolute Gasteiger partial charge is 0.251 e. The quantitative estimate of drug-likeness (QED) is 0.773. The number of anilines is 3. The summed E-state index contributed by atoms with van der Waals surface area (Å²) in [5.74, 6) is 0.977. The van der Waals surface area contributed by atoms with E-state index >= 15 is 0 Å². The van der Waals surface area contributed by atoms with Crippen LogP contribution in [0, 0.1) is 0 Å². The zero-order valence-corrected chi connectivity index (χ0v) is 15.8. The number of benzene rings is 1. The molecule has 2 N–H and O–H groups in total. The second-order valence-corrected chi connectivity index (χ2v) is 6.45. The van der Waals surface area contributed by atoms with Crippen molar-refractivity contribution in [1.82, 2.24) is 20.3 Å². The lowest BCUT2D eigenvalue weighted by molar-refractivity contribution is 0.0373. The van der Waals surface area contributed by atoms with E-state index in [2.05, 4.69) is 37.4 Å². The van der Waals surface area contributed by atoms with Gasteiger partial charge in [-0.2, -0.15) is 4.98 Å². The predicted molar refractivity (Wildman–Crippen MR) is 104 cm³/mol. The Hall–Kier alpha value is -2.74. The van der Waals surface area contributed by atoms with Gasteiger partial charge in [-0.25, -0.2) is 9.97 Å². The van der Waals surface area contributed by atoms with Gasteiger partial charge in [-0.05, 0) is 37.5 Å². The van der Waals surface area contributed by atoms with E-state index in [1.165, 1.54) is 6.33 Å². The highest BCUT2D eigenvalue weighted by Gasteiger charge is 2.21. The molecule has 144 valence electrons. The van der Waals surface area contributed by atoms with Gasteiger partial charge in [0, 0.05) is 38.0 Å². The average molecular weight is 370 g/mol. The van der Waals surface area contributed by atoms with Crippen LogP contribution in [0.25, 0.3) is 0 Å². The van der Waals surface area contributed by atoms with Crippen molar-refractivity contribution in [2.75, 3.05) is 37.0 Å². The molecule has 0 spiro atoms. The molecule has 3 rings (SSSR count). The number of amides is 1. The van der Waals surface area contributed by atoms with Gasteiger partial charge in [0.25, 0.3) is 5.91 Å². The van der Waals surface area contributed by atoms with Crippen molar-refractivity contribution in [1.29, 1.82) is 0 Å². The lowest BCUT2D eigenvalue weighted by Crippen LogP contribution is -2.38. The molecule has 0 saturated carbocycles. The molecule has 0 bridgehead atoms. The summed E-state index contributed by atoms with van der Waals surface area (Å²) in [6, 6.07) is 7.20. The molecule has 0 aliphatic carbocycles. The highest BCUT2D eigenvalue weighted by atomic mass is 16.5. The van der Waals surface area contributed by atoms with Gasteiger partial charge in [0.2, 0.25) is 11.9 Å². The first-order valence-corrected chi connectivity index (χ1v) is 9.34. The molecule has 1 amide bonds. The lowest BCUT2D eigenvalue weighted by Gasteiger charge is -2.31. The van der Waals surface area contributed by atoms with Crippen LogP contribution in [0.1, 0.15) is 36.5 Å². The molecule has 0 unspecified atom stereocenters. The summed E-state index contributed by atoms with van der Waals surface area (Å²) in [5, 5.41) is 5.76. The Balaban J connectivity index is 1.64. The molecule has 1 aliphatic rings. The largest absolute Gasteiger partial charge is 0.378 e. The third kappa shape index (κ3) is 5.13. The van der Waals surface area contributed by atoms with Crippen LogP contribution in [-0.4, -0.2) is 53.7 Å². The van der Waals surface area contributed by atoms with E-state index in [-0.39, 0.29) is 5.91 Å². The normalized spacial score (nSPS) is 14.8. The Bertz CT molecular complexity index is 761. The maximum absolute atomic E-state index is 11.8. The van der Waals surface area contributed by atoms with E-state index in [1.807, 2.05) is 12.1 Å². The van der Waals surface area contributed by atoms with Crippen LogP contribution in [0.2, 0.25) is 0 Å². The highest BCUT2D eigenvalue weighted by Crippen LogP contribution is 2.20. The van der Waals surface area contributed by atoms with Crippen molar-refractivity contribution < 1.29 is 9.53 Å². The Morgan fingerprint density at radius 2 is 2.11 bits per heavy atom. The first kappa shape index (κ1) is 19.0. The SMILES string of the molecule is CCCOC1CCN(c2ncnc(Nc3cccc(C(=O)NC)c3)n2)CC1. The molecule has 0 atom stereocenters. The number of ether oxygens (including phenoxy) is 1. The van der Waals surface area contributed by atoms with Crippen LogP contribution in [-0.2, 0) is 4.74 Å². The molecular formula is C19H26N6O2. The second kappa shape index (κ2) is 9.27. The third-order valence-electron chi connectivity index (χ3n) is 4.45. The van der Waals surface area contributed by atoms with Gasteiger partial charge in [0.05, 0.1) is 6.10 Å². The van der Waals surface area contributed by atoms with E-state index in [0.29, 0.717) is 23.6 Å². The Kier molecular flexibility index (Phi) is 6.54. The van der Waals surface area contributed by atoms with Crippen LogP contribution in [0.15, 0.2) is 30.6 Å². The van der Waals surface area contributed by atoms with E-state index in [1.54, 1.807) is 19.2 Å². The molecule has 0 radical (unpaired) electrons. The van der Waals surface area contributed by atoms with Gasteiger partial charge >= 0.3 is 0 Å². The molecule has 2 aromatic rings. The molecule has 1 aromatic carbocycles. The zero-order chi connectivity index (χ0) is 19.1. The summed E-state index contributed by atoms with van der Waals surface area (Å²) >= 11 is 0. The summed E-state index contributed by atoms with van der Waals surface area (Å²) in [6.45, 7) is 4.67. The number of hydrogen-bond donors (Lipinski definition) is 2. The van der Waals surface area contributed by atoms with Crippen molar-refractivity contribution in [2.24, 2.45) is 0 Å². The fourth-order valence-electron chi connectivity index (χ4n) is 3.02. The Labute approximate surface area is 159 Å². The highest BCUT2D eigenvalue weighted by molar-refractivity contribution is 5.95. The molecule has 1 aliphatic heterocycles. The maximum atomic E-state index is 11.8. The summed E-state index contributed by atoms with van der Waals surface area (Å²) in [4.78, 5) is 27.0. The minimum Gasteiger partial charge on any atom is -0.378 e. The first-order valence-electron chi connectivity index (χ1n) is 9.34. The van der Waals surface area contributed by atoms with E-state index in [9.17, 15) is 4.79 Å². The topological polar surface area (TPSA) is 92.3 Å². The standard InChI is InChI=1S/C19H26N6O2/c1-3-11-27-16-7-9-25(10-8-16)19-22-13-21-18(24-19)23-15-6-4-5-14(12-15)17(26)20-2/h4-6,12-13,16H,3,7-11H2,1-2H3,(H,20,26)(H,21,22,23,24). The summed E-state index contributed by atoms with van der Waals surface area (Å²) in [7, 11) is 1.61. The van der Waals surface area contributed by atoms with Crippen molar-refractivity contribution >= 4 is 23.5 Å². The van der Waals surface area contributed by atoms with Crippen molar-refractivity contribution in [3.05, 3.63) is 36.2 Å². The number of nitrogens with one attached hydrogen (secondary N) is 2. The Morgan fingerprint density at radius 1 is 1.30 bits per heavy atom. The molecule has 1 aromatic heterocycles. The number of aromatic nitrogens is 3. The van der Waals surface area contributed by atoms with Gasteiger partial charge in [-0.15, -0.1) is 0 Å².